The van der Waals surface area contributed by atoms with Gasteiger partial charge in [-0.3, -0.25) is 9.69 Å². The molecule has 2 aliphatic rings. The standard InChI is InChI=1S/C16H22N2O3S/c19-16(15-6-11-22(20,21)13-15)18-9-7-17(8-10-18)12-14-4-2-1-3-5-14/h1-5,15H,6-13H2/t15-/m0/s1. The second-order valence-corrected chi connectivity index (χ2v) is 8.42. The van der Waals surface area contributed by atoms with Crippen molar-refractivity contribution >= 4 is 15.7 Å². The maximum atomic E-state index is 12.4. The van der Waals surface area contributed by atoms with Crippen LogP contribution in [0.5, 0.6) is 0 Å². The van der Waals surface area contributed by atoms with Gasteiger partial charge in [-0.25, -0.2) is 8.42 Å². The number of nitrogens with zero attached hydrogens (tertiary/aromatic N) is 2. The van der Waals surface area contributed by atoms with Crippen molar-refractivity contribution in [1.29, 1.82) is 0 Å². The van der Waals surface area contributed by atoms with Crippen LogP contribution in [-0.4, -0.2) is 61.8 Å². The minimum atomic E-state index is -2.99. The molecule has 2 saturated heterocycles. The Bertz CT molecular complexity index is 622. The number of carbonyl (C=O) groups is 1. The average Bonchev–Trinajstić information content (AvgIpc) is 2.88. The van der Waals surface area contributed by atoms with E-state index in [-0.39, 0.29) is 23.3 Å². The highest BCUT2D eigenvalue weighted by molar-refractivity contribution is 7.91. The highest BCUT2D eigenvalue weighted by Gasteiger charge is 2.36. The van der Waals surface area contributed by atoms with E-state index < -0.39 is 9.84 Å². The van der Waals surface area contributed by atoms with E-state index in [0.29, 0.717) is 19.5 Å². The molecule has 0 aliphatic carbocycles. The van der Waals surface area contributed by atoms with Gasteiger partial charge < -0.3 is 4.90 Å². The lowest BCUT2D eigenvalue weighted by atomic mass is 10.1. The third-order valence-electron chi connectivity index (χ3n) is 4.51. The van der Waals surface area contributed by atoms with Crippen LogP contribution in [-0.2, 0) is 21.2 Å². The molecule has 0 spiro atoms. The molecular formula is C16H22N2O3S. The third-order valence-corrected chi connectivity index (χ3v) is 6.28. The van der Waals surface area contributed by atoms with Crippen LogP contribution in [0, 0.1) is 5.92 Å². The van der Waals surface area contributed by atoms with Gasteiger partial charge in [-0.05, 0) is 12.0 Å². The van der Waals surface area contributed by atoms with Crippen molar-refractivity contribution in [2.45, 2.75) is 13.0 Å². The number of hydrogen-bond acceptors (Lipinski definition) is 4. The highest BCUT2D eigenvalue weighted by Crippen LogP contribution is 2.21. The number of sulfone groups is 1. The van der Waals surface area contributed by atoms with Crippen LogP contribution < -0.4 is 0 Å². The van der Waals surface area contributed by atoms with Gasteiger partial charge in [0.05, 0.1) is 17.4 Å². The molecule has 0 N–H and O–H groups in total. The van der Waals surface area contributed by atoms with Gasteiger partial charge in [0.1, 0.15) is 0 Å². The van der Waals surface area contributed by atoms with Gasteiger partial charge in [0.15, 0.2) is 9.84 Å². The van der Waals surface area contributed by atoms with Crippen LogP contribution >= 0.6 is 0 Å². The molecule has 2 aliphatic heterocycles. The summed E-state index contributed by atoms with van der Waals surface area (Å²) in [5.74, 6) is -0.0842. The molecule has 1 aromatic carbocycles. The quantitative estimate of drug-likeness (QED) is 0.825. The van der Waals surface area contributed by atoms with E-state index in [1.54, 1.807) is 0 Å². The second kappa shape index (κ2) is 6.38. The third kappa shape index (κ3) is 3.67. The Morgan fingerprint density at radius 3 is 2.36 bits per heavy atom. The Hall–Kier alpha value is -1.40. The van der Waals surface area contributed by atoms with Crippen molar-refractivity contribution in [2.75, 3.05) is 37.7 Å². The highest BCUT2D eigenvalue weighted by atomic mass is 32.2. The van der Waals surface area contributed by atoms with Crippen molar-refractivity contribution in [2.24, 2.45) is 5.92 Å². The predicted molar refractivity (Wildman–Crippen MR) is 85.1 cm³/mol. The van der Waals surface area contributed by atoms with Crippen LogP contribution in [0.4, 0.5) is 0 Å². The van der Waals surface area contributed by atoms with Gasteiger partial charge in [-0.15, -0.1) is 0 Å². The van der Waals surface area contributed by atoms with E-state index >= 15 is 0 Å². The predicted octanol–water partition coefficient (Wildman–Crippen LogP) is 0.766. The van der Waals surface area contributed by atoms with Crippen molar-refractivity contribution in [3.63, 3.8) is 0 Å². The van der Waals surface area contributed by atoms with Crippen molar-refractivity contribution < 1.29 is 13.2 Å². The largest absolute Gasteiger partial charge is 0.340 e. The lowest BCUT2D eigenvalue weighted by Crippen LogP contribution is -2.50. The van der Waals surface area contributed by atoms with Crippen molar-refractivity contribution in [1.82, 2.24) is 9.80 Å². The lowest BCUT2D eigenvalue weighted by Gasteiger charge is -2.35. The van der Waals surface area contributed by atoms with Crippen LogP contribution in [0.15, 0.2) is 30.3 Å². The Kier molecular flexibility index (Phi) is 4.49. The molecule has 1 amide bonds. The summed E-state index contributed by atoms with van der Waals surface area (Å²) in [5, 5.41) is 0. The first-order chi connectivity index (χ1) is 10.5. The van der Waals surface area contributed by atoms with E-state index in [9.17, 15) is 13.2 Å². The van der Waals surface area contributed by atoms with Crippen LogP contribution in [0.3, 0.4) is 0 Å². The summed E-state index contributed by atoms with van der Waals surface area (Å²) in [5.41, 5.74) is 1.28. The molecule has 3 rings (SSSR count). The minimum absolute atomic E-state index is 0.0282. The number of rotatable bonds is 3. The zero-order valence-corrected chi connectivity index (χ0v) is 13.5. The Morgan fingerprint density at radius 2 is 1.77 bits per heavy atom. The number of hydrogen-bond donors (Lipinski definition) is 0. The SMILES string of the molecule is O=C([C@H]1CCS(=O)(=O)C1)N1CCN(Cc2ccccc2)CC1. The number of benzene rings is 1. The first kappa shape index (κ1) is 15.5. The fraction of sp³-hybridized carbons (Fsp3) is 0.562. The van der Waals surface area contributed by atoms with E-state index in [2.05, 4.69) is 17.0 Å². The van der Waals surface area contributed by atoms with Crippen LogP contribution in [0.25, 0.3) is 0 Å². The van der Waals surface area contributed by atoms with Gasteiger partial charge in [-0.2, -0.15) is 0 Å². The first-order valence-corrected chi connectivity index (χ1v) is 9.61. The second-order valence-electron chi connectivity index (χ2n) is 6.19. The summed E-state index contributed by atoms with van der Waals surface area (Å²) in [6, 6.07) is 10.3. The summed E-state index contributed by atoms with van der Waals surface area (Å²) in [6.07, 6.45) is 0.491. The van der Waals surface area contributed by atoms with Gasteiger partial charge in [-0.1, -0.05) is 30.3 Å². The molecule has 0 aromatic heterocycles. The van der Waals surface area contributed by atoms with Gasteiger partial charge >= 0.3 is 0 Å². The molecule has 1 atom stereocenters. The minimum Gasteiger partial charge on any atom is -0.340 e. The maximum absolute atomic E-state index is 12.4. The molecule has 22 heavy (non-hydrogen) atoms. The molecule has 1 aromatic rings. The Labute approximate surface area is 131 Å². The molecule has 0 unspecified atom stereocenters. The number of carbonyl (C=O) groups excluding carboxylic acids is 1. The Morgan fingerprint density at radius 1 is 1.09 bits per heavy atom. The Balaban J connectivity index is 1.50. The van der Waals surface area contributed by atoms with E-state index in [0.717, 1.165) is 19.6 Å². The topological polar surface area (TPSA) is 57.7 Å². The van der Waals surface area contributed by atoms with Gasteiger partial charge in [0.2, 0.25) is 5.91 Å². The summed E-state index contributed by atoms with van der Waals surface area (Å²) in [4.78, 5) is 16.6. The summed E-state index contributed by atoms with van der Waals surface area (Å²) in [6.45, 7) is 3.99. The van der Waals surface area contributed by atoms with Gasteiger partial charge in [0.25, 0.3) is 0 Å². The zero-order chi connectivity index (χ0) is 15.6. The van der Waals surface area contributed by atoms with Crippen molar-refractivity contribution in [3.8, 4) is 0 Å². The molecule has 2 fully saturated rings. The first-order valence-electron chi connectivity index (χ1n) is 7.79. The molecule has 0 radical (unpaired) electrons. The normalized spacial score (nSPS) is 25.3. The zero-order valence-electron chi connectivity index (χ0n) is 12.6. The maximum Gasteiger partial charge on any atom is 0.226 e. The molecule has 0 saturated carbocycles. The number of piperazine rings is 1. The fourth-order valence-corrected chi connectivity index (χ4v) is 4.95. The van der Waals surface area contributed by atoms with Gasteiger partial charge in [0, 0.05) is 32.7 Å². The molecule has 0 bridgehead atoms. The van der Waals surface area contributed by atoms with E-state index in [1.165, 1.54) is 5.56 Å². The summed E-state index contributed by atoms with van der Waals surface area (Å²) >= 11 is 0. The summed E-state index contributed by atoms with van der Waals surface area (Å²) < 4.78 is 23.0. The smallest absolute Gasteiger partial charge is 0.226 e. The van der Waals surface area contributed by atoms with E-state index in [4.69, 9.17) is 0 Å². The lowest BCUT2D eigenvalue weighted by molar-refractivity contribution is -0.136. The van der Waals surface area contributed by atoms with Crippen molar-refractivity contribution in [3.05, 3.63) is 35.9 Å². The monoisotopic (exact) mass is 322 g/mol. The molecule has 5 nitrogen and oxygen atoms in total. The van der Waals surface area contributed by atoms with Crippen LogP contribution in [0.1, 0.15) is 12.0 Å². The molecular weight excluding hydrogens is 300 g/mol. The number of amides is 1. The average molecular weight is 322 g/mol. The van der Waals surface area contributed by atoms with Crippen LogP contribution in [0.2, 0.25) is 0 Å². The molecule has 2 heterocycles. The van der Waals surface area contributed by atoms with E-state index in [1.807, 2.05) is 23.1 Å². The summed E-state index contributed by atoms with van der Waals surface area (Å²) in [7, 11) is -2.99. The fourth-order valence-electron chi connectivity index (χ4n) is 3.22. The molecule has 120 valence electrons. The molecule has 6 heteroatoms.